The fraction of sp³-hybridized carbons (Fsp3) is 0.333. The molecule has 0 fully saturated rings. The molecule has 0 spiro atoms. The van der Waals surface area contributed by atoms with E-state index in [9.17, 15) is 5.11 Å². The molecule has 0 saturated carbocycles. The third-order valence-electron chi connectivity index (χ3n) is 6.35. The van der Waals surface area contributed by atoms with Gasteiger partial charge in [0.15, 0.2) is 5.82 Å². The van der Waals surface area contributed by atoms with E-state index in [4.69, 9.17) is 19.2 Å². The summed E-state index contributed by atoms with van der Waals surface area (Å²) < 4.78 is 11.3. The number of ether oxygens (including phenoxy) is 1. The molecule has 1 aliphatic heterocycles. The lowest BCUT2D eigenvalue weighted by Gasteiger charge is -2.21. The second-order valence-corrected chi connectivity index (χ2v) is 9.06. The molecule has 36 heavy (non-hydrogen) atoms. The highest BCUT2D eigenvalue weighted by Gasteiger charge is 2.27. The quantitative estimate of drug-likeness (QED) is 0.386. The lowest BCUT2D eigenvalue weighted by atomic mass is 10.0. The van der Waals surface area contributed by atoms with Gasteiger partial charge in [0.1, 0.15) is 30.0 Å². The van der Waals surface area contributed by atoms with Gasteiger partial charge in [-0.3, -0.25) is 4.98 Å². The van der Waals surface area contributed by atoms with Crippen LogP contribution in [0.3, 0.4) is 0 Å². The summed E-state index contributed by atoms with van der Waals surface area (Å²) in [6, 6.07) is 11.7. The monoisotopic (exact) mass is 486 g/mol. The van der Waals surface area contributed by atoms with Crippen molar-refractivity contribution in [1.82, 2.24) is 25.4 Å². The Balaban J connectivity index is 1.56. The van der Waals surface area contributed by atoms with E-state index in [1.54, 1.807) is 7.05 Å². The maximum Gasteiger partial charge on any atom is 0.162 e. The maximum atomic E-state index is 10.0. The van der Waals surface area contributed by atoms with Crippen LogP contribution in [0.25, 0.3) is 22.6 Å². The molecule has 2 N–H and O–H groups in total. The Hall–Kier alpha value is -3.82. The van der Waals surface area contributed by atoms with Crippen LogP contribution in [0.15, 0.2) is 47.1 Å². The molecule has 4 aromatic rings. The topological polar surface area (TPSA) is 109 Å². The normalized spacial score (nSPS) is 13.6. The third-order valence-corrected chi connectivity index (χ3v) is 6.35. The number of hydrogen-bond donors (Lipinski definition) is 2. The van der Waals surface area contributed by atoms with Crippen LogP contribution in [-0.2, 0) is 13.1 Å². The first kappa shape index (κ1) is 23.9. The van der Waals surface area contributed by atoms with Gasteiger partial charge in [0, 0.05) is 30.4 Å². The summed E-state index contributed by atoms with van der Waals surface area (Å²) in [4.78, 5) is 16.8. The predicted molar refractivity (Wildman–Crippen MR) is 137 cm³/mol. The fourth-order valence-corrected chi connectivity index (χ4v) is 4.57. The Bertz CT molecular complexity index is 1340. The molecule has 0 saturated heterocycles. The first-order chi connectivity index (χ1) is 17.4. The minimum atomic E-state index is -0.600. The van der Waals surface area contributed by atoms with Crippen molar-refractivity contribution in [3.05, 3.63) is 70.9 Å². The van der Waals surface area contributed by atoms with Gasteiger partial charge in [0.25, 0.3) is 0 Å². The minimum absolute atomic E-state index is 0.188. The van der Waals surface area contributed by atoms with Crippen LogP contribution in [-0.4, -0.2) is 51.5 Å². The van der Waals surface area contributed by atoms with Crippen LogP contribution in [0.2, 0.25) is 0 Å². The van der Waals surface area contributed by atoms with E-state index in [0.29, 0.717) is 30.4 Å². The van der Waals surface area contributed by atoms with Crippen molar-refractivity contribution in [3.63, 3.8) is 0 Å². The lowest BCUT2D eigenvalue weighted by molar-refractivity contribution is 0.108. The number of nitrogens with zero attached hydrogens (tertiary/aromatic N) is 5. The molecular formula is C27H30N6O3. The van der Waals surface area contributed by atoms with Gasteiger partial charge >= 0.3 is 0 Å². The molecule has 4 heterocycles. The van der Waals surface area contributed by atoms with Crippen molar-refractivity contribution >= 4 is 5.82 Å². The van der Waals surface area contributed by atoms with Crippen molar-refractivity contribution in [2.45, 2.75) is 40.0 Å². The smallest absolute Gasteiger partial charge is 0.162 e. The molecule has 3 aromatic heterocycles. The molecule has 0 aliphatic carbocycles. The van der Waals surface area contributed by atoms with Gasteiger partial charge in [-0.1, -0.05) is 23.4 Å². The van der Waals surface area contributed by atoms with Crippen LogP contribution < -0.4 is 15.0 Å². The molecule has 0 radical (unpaired) electrons. The zero-order valence-electron chi connectivity index (χ0n) is 20.9. The van der Waals surface area contributed by atoms with Crippen LogP contribution in [0, 0.1) is 20.8 Å². The number of aliphatic hydroxyl groups is 1. The molecule has 5 rings (SSSR count). The number of benzene rings is 1. The summed E-state index contributed by atoms with van der Waals surface area (Å²) in [6.45, 7) is 7.92. The van der Waals surface area contributed by atoms with E-state index < -0.39 is 6.10 Å². The molecule has 1 aliphatic rings. The van der Waals surface area contributed by atoms with Crippen LogP contribution in [0.1, 0.15) is 28.3 Å². The van der Waals surface area contributed by atoms with Gasteiger partial charge < -0.3 is 24.6 Å². The van der Waals surface area contributed by atoms with Gasteiger partial charge in [-0.25, -0.2) is 9.97 Å². The van der Waals surface area contributed by atoms with E-state index >= 15 is 0 Å². The molecular weight excluding hydrogens is 456 g/mol. The van der Waals surface area contributed by atoms with Crippen molar-refractivity contribution in [2.24, 2.45) is 0 Å². The second-order valence-electron chi connectivity index (χ2n) is 9.06. The summed E-state index contributed by atoms with van der Waals surface area (Å²) in [7, 11) is 1.79. The zero-order valence-corrected chi connectivity index (χ0v) is 20.9. The third kappa shape index (κ3) is 4.67. The number of fused-ring (bicyclic) bond motifs is 1. The zero-order chi connectivity index (χ0) is 25.2. The van der Waals surface area contributed by atoms with E-state index in [1.807, 2.05) is 57.3 Å². The average Bonchev–Trinajstić information content (AvgIpc) is 3.46. The van der Waals surface area contributed by atoms with Gasteiger partial charge in [0.2, 0.25) is 0 Å². The molecule has 0 bridgehead atoms. The highest BCUT2D eigenvalue weighted by atomic mass is 16.5. The Morgan fingerprint density at radius 1 is 1.14 bits per heavy atom. The van der Waals surface area contributed by atoms with Crippen molar-refractivity contribution in [2.75, 3.05) is 25.1 Å². The highest BCUT2D eigenvalue weighted by Crippen LogP contribution is 2.37. The number of pyridine rings is 1. The first-order valence-electron chi connectivity index (χ1n) is 12.0. The largest absolute Gasteiger partial charge is 0.491 e. The summed E-state index contributed by atoms with van der Waals surface area (Å²) in [5, 5.41) is 17.1. The van der Waals surface area contributed by atoms with E-state index in [1.165, 1.54) is 5.56 Å². The molecule has 9 nitrogen and oxygen atoms in total. The van der Waals surface area contributed by atoms with Gasteiger partial charge in [-0.15, -0.1) is 0 Å². The fourth-order valence-electron chi connectivity index (χ4n) is 4.57. The molecule has 1 aromatic carbocycles. The number of anilines is 1. The summed E-state index contributed by atoms with van der Waals surface area (Å²) >= 11 is 0. The number of aromatic nitrogens is 4. The minimum Gasteiger partial charge on any atom is -0.491 e. The molecule has 1 atom stereocenters. The Labute approximate surface area is 210 Å². The van der Waals surface area contributed by atoms with Gasteiger partial charge in [-0.05, 0) is 51.6 Å². The molecule has 0 amide bonds. The molecule has 9 heteroatoms. The van der Waals surface area contributed by atoms with E-state index in [2.05, 4.69) is 26.4 Å². The van der Waals surface area contributed by atoms with Crippen molar-refractivity contribution in [3.8, 4) is 28.4 Å². The first-order valence-corrected chi connectivity index (χ1v) is 12.0. The van der Waals surface area contributed by atoms with Crippen LogP contribution >= 0.6 is 0 Å². The van der Waals surface area contributed by atoms with Crippen LogP contribution in [0.5, 0.6) is 5.75 Å². The summed E-state index contributed by atoms with van der Waals surface area (Å²) in [5.41, 5.74) is 6.51. The van der Waals surface area contributed by atoms with Gasteiger partial charge in [0.05, 0.1) is 29.2 Å². The number of aliphatic hydroxyl groups excluding tert-OH is 1. The number of hydrogen-bond acceptors (Lipinski definition) is 9. The average molecular weight is 487 g/mol. The second kappa shape index (κ2) is 10.0. The number of rotatable bonds is 8. The highest BCUT2D eigenvalue weighted by molar-refractivity contribution is 5.75. The standard InChI is InChI=1S/C27H30N6O3/c1-16-25(24-17(2)32-36-18(24)3)30-26(19-7-5-9-22(11-19)35-15-21(34)12-28-4)31-27(16)33-13-20-8-6-10-29-23(20)14-33/h5-11,21,28,34H,12-15H2,1-4H3. The number of likely N-dealkylation sites (N-methyl/N-ethyl adjacent to an activating group) is 1. The molecule has 186 valence electrons. The number of nitrogens with one attached hydrogen (secondary N) is 1. The molecule has 1 unspecified atom stereocenters. The van der Waals surface area contributed by atoms with Crippen molar-refractivity contribution in [1.29, 1.82) is 0 Å². The van der Waals surface area contributed by atoms with Crippen molar-refractivity contribution < 1.29 is 14.4 Å². The Kier molecular flexibility index (Phi) is 6.67. The van der Waals surface area contributed by atoms with Gasteiger partial charge in [-0.2, -0.15) is 0 Å². The maximum absolute atomic E-state index is 10.0. The van der Waals surface area contributed by atoms with Crippen LogP contribution in [0.4, 0.5) is 5.82 Å². The Morgan fingerprint density at radius 2 is 2.00 bits per heavy atom. The SMILES string of the molecule is CNCC(O)COc1cccc(-c2nc(-c3c(C)noc3C)c(C)c(N3Cc4cccnc4C3)n2)c1. The summed E-state index contributed by atoms with van der Waals surface area (Å²) in [5.74, 6) is 2.79. The van der Waals surface area contributed by atoms with E-state index in [-0.39, 0.29) is 6.61 Å². The lowest BCUT2D eigenvalue weighted by Crippen LogP contribution is -2.29. The Morgan fingerprint density at radius 3 is 2.75 bits per heavy atom. The number of aryl methyl sites for hydroxylation is 2. The van der Waals surface area contributed by atoms with E-state index in [0.717, 1.165) is 46.1 Å². The summed E-state index contributed by atoms with van der Waals surface area (Å²) in [6.07, 6.45) is 1.23. The predicted octanol–water partition coefficient (Wildman–Crippen LogP) is 3.60.